The number of fused-ring (bicyclic) bond motifs is 1. The van der Waals surface area contributed by atoms with Gasteiger partial charge in [0.1, 0.15) is 0 Å². The van der Waals surface area contributed by atoms with E-state index in [1.807, 2.05) is 7.05 Å². The average Bonchev–Trinajstić information content (AvgIpc) is 2.51. The summed E-state index contributed by atoms with van der Waals surface area (Å²) in [5, 5.41) is 3.22. The second-order valence-electron chi connectivity index (χ2n) is 4.02. The summed E-state index contributed by atoms with van der Waals surface area (Å²) in [5.41, 5.74) is 3.02. The van der Waals surface area contributed by atoms with Crippen LogP contribution < -0.4 is 5.32 Å². The van der Waals surface area contributed by atoms with Crippen LogP contribution in [0, 0.1) is 0 Å². The van der Waals surface area contributed by atoms with Gasteiger partial charge in [-0.2, -0.15) is 0 Å². The Morgan fingerprint density at radius 3 is 3.00 bits per heavy atom. The van der Waals surface area contributed by atoms with E-state index in [4.69, 9.17) is 0 Å². The fourth-order valence-electron chi connectivity index (χ4n) is 2.28. The monoisotopic (exact) mass is 190 g/mol. The summed E-state index contributed by atoms with van der Waals surface area (Å²) in [6, 6.07) is 9.39. The van der Waals surface area contributed by atoms with Crippen molar-refractivity contribution in [2.24, 2.45) is 0 Å². The van der Waals surface area contributed by atoms with Crippen molar-refractivity contribution in [1.82, 2.24) is 10.2 Å². The Balaban J connectivity index is 2.17. The number of benzene rings is 1. The Morgan fingerprint density at radius 2 is 2.21 bits per heavy atom. The van der Waals surface area contributed by atoms with Crippen LogP contribution in [0.1, 0.15) is 23.6 Å². The van der Waals surface area contributed by atoms with Crippen LogP contribution in [0.5, 0.6) is 0 Å². The summed E-state index contributed by atoms with van der Waals surface area (Å²) in [6.45, 7) is 2.19. The molecule has 0 bridgehead atoms. The number of nitrogens with one attached hydrogen (secondary N) is 1. The number of rotatable bonds is 3. The van der Waals surface area contributed by atoms with Gasteiger partial charge in [0.25, 0.3) is 0 Å². The summed E-state index contributed by atoms with van der Waals surface area (Å²) >= 11 is 0. The first-order chi connectivity index (χ1) is 6.83. The highest BCUT2D eigenvalue weighted by atomic mass is 15.1. The number of nitrogens with zero attached hydrogens (tertiary/aromatic N) is 1. The van der Waals surface area contributed by atoms with E-state index in [0.29, 0.717) is 6.04 Å². The zero-order valence-corrected chi connectivity index (χ0v) is 8.96. The molecule has 0 radical (unpaired) electrons. The Labute approximate surface area is 85.9 Å². The van der Waals surface area contributed by atoms with Gasteiger partial charge in [-0.1, -0.05) is 24.3 Å². The lowest BCUT2D eigenvalue weighted by Crippen LogP contribution is -2.21. The molecule has 2 rings (SSSR count). The fraction of sp³-hybridized carbons (Fsp3) is 0.500. The summed E-state index contributed by atoms with van der Waals surface area (Å²) in [5.74, 6) is 0. The van der Waals surface area contributed by atoms with Gasteiger partial charge in [-0.15, -0.1) is 0 Å². The first-order valence-electron chi connectivity index (χ1n) is 5.25. The molecule has 2 nitrogen and oxygen atoms in total. The maximum Gasteiger partial charge on any atom is 0.0363 e. The molecule has 76 valence electrons. The molecule has 2 heteroatoms. The van der Waals surface area contributed by atoms with Crippen LogP contribution in [0.25, 0.3) is 0 Å². The molecular weight excluding hydrogens is 172 g/mol. The lowest BCUT2D eigenvalue weighted by Gasteiger charge is -2.19. The first kappa shape index (κ1) is 9.69. The second kappa shape index (κ2) is 4.11. The maximum absolute atomic E-state index is 3.22. The van der Waals surface area contributed by atoms with Crippen molar-refractivity contribution in [2.45, 2.75) is 19.0 Å². The van der Waals surface area contributed by atoms with Gasteiger partial charge in [-0.05, 0) is 38.2 Å². The molecule has 0 saturated carbocycles. The van der Waals surface area contributed by atoms with E-state index in [0.717, 1.165) is 13.1 Å². The van der Waals surface area contributed by atoms with Crippen LogP contribution in [0.4, 0.5) is 0 Å². The highest BCUT2D eigenvalue weighted by molar-refractivity contribution is 5.33. The predicted molar refractivity (Wildman–Crippen MR) is 59.2 cm³/mol. The van der Waals surface area contributed by atoms with Crippen molar-refractivity contribution in [3.63, 3.8) is 0 Å². The third kappa shape index (κ3) is 1.68. The molecule has 1 heterocycles. The lowest BCUT2D eigenvalue weighted by molar-refractivity contribution is 0.255. The molecule has 1 aromatic carbocycles. The van der Waals surface area contributed by atoms with Gasteiger partial charge in [0.15, 0.2) is 0 Å². The van der Waals surface area contributed by atoms with Crippen molar-refractivity contribution in [1.29, 1.82) is 0 Å². The maximum atomic E-state index is 3.22. The minimum Gasteiger partial charge on any atom is -0.320 e. The molecule has 1 N–H and O–H groups in total. The van der Waals surface area contributed by atoms with Gasteiger partial charge in [0.05, 0.1) is 0 Å². The van der Waals surface area contributed by atoms with Gasteiger partial charge >= 0.3 is 0 Å². The van der Waals surface area contributed by atoms with E-state index in [1.165, 1.54) is 17.5 Å². The summed E-state index contributed by atoms with van der Waals surface area (Å²) in [4.78, 5) is 2.43. The molecule has 1 aromatic rings. The fourth-order valence-corrected chi connectivity index (χ4v) is 2.28. The first-order valence-corrected chi connectivity index (χ1v) is 5.25. The van der Waals surface area contributed by atoms with E-state index in [9.17, 15) is 0 Å². The smallest absolute Gasteiger partial charge is 0.0363 e. The minimum absolute atomic E-state index is 0.610. The molecule has 0 spiro atoms. The zero-order chi connectivity index (χ0) is 9.97. The van der Waals surface area contributed by atoms with E-state index in [-0.39, 0.29) is 0 Å². The van der Waals surface area contributed by atoms with Crippen molar-refractivity contribution < 1.29 is 0 Å². The standard InChI is InChI=1S/C12H18N2/c1-13-8-7-12-11-6-4-3-5-10(11)9-14(12)2/h3-6,12-13H,7-9H2,1-2H3. The molecule has 0 aromatic heterocycles. The zero-order valence-electron chi connectivity index (χ0n) is 8.96. The van der Waals surface area contributed by atoms with E-state index >= 15 is 0 Å². The van der Waals surface area contributed by atoms with Gasteiger partial charge in [0, 0.05) is 12.6 Å². The molecule has 0 fully saturated rings. The van der Waals surface area contributed by atoms with Crippen molar-refractivity contribution >= 4 is 0 Å². The van der Waals surface area contributed by atoms with Crippen LogP contribution in [-0.4, -0.2) is 25.5 Å². The Hall–Kier alpha value is -0.860. The van der Waals surface area contributed by atoms with Gasteiger partial charge in [-0.25, -0.2) is 0 Å². The highest BCUT2D eigenvalue weighted by Crippen LogP contribution is 2.33. The van der Waals surface area contributed by atoms with Gasteiger partial charge in [-0.3, -0.25) is 4.90 Å². The number of hydrogen-bond donors (Lipinski definition) is 1. The number of hydrogen-bond acceptors (Lipinski definition) is 2. The molecule has 1 atom stereocenters. The van der Waals surface area contributed by atoms with Crippen molar-refractivity contribution in [3.05, 3.63) is 35.4 Å². The van der Waals surface area contributed by atoms with Crippen molar-refractivity contribution in [3.8, 4) is 0 Å². The van der Waals surface area contributed by atoms with E-state index in [1.54, 1.807) is 0 Å². The molecule has 0 saturated heterocycles. The second-order valence-corrected chi connectivity index (χ2v) is 4.02. The Bertz CT molecular complexity index is 309. The lowest BCUT2D eigenvalue weighted by atomic mass is 10.0. The molecular formula is C12H18N2. The van der Waals surface area contributed by atoms with Crippen molar-refractivity contribution in [2.75, 3.05) is 20.6 Å². The van der Waals surface area contributed by atoms with Crippen LogP contribution >= 0.6 is 0 Å². The topological polar surface area (TPSA) is 15.3 Å². The normalized spacial score (nSPS) is 21.1. The van der Waals surface area contributed by atoms with E-state index < -0.39 is 0 Å². The Morgan fingerprint density at radius 1 is 1.43 bits per heavy atom. The van der Waals surface area contributed by atoms with Gasteiger partial charge < -0.3 is 5.32 Å². The molecule has 1 aliphatic heterocycles. The molecule has 0 amide bonds. The third-order valence-electron chi connectivity index (χ3n) is 3.03. The minimum atomic E-state index is 0.610. The molecule has 1 unspecified atom stereocenters. The SMILES string of the molecule is CNCCC1c2ccccc2CN1C. The summed E-state index contributed by atoms with van der Waals surface area (Å²) in [6.07, 6.45) is 1.20. The molecule has 14 heavy (non-hydrogen) atoms. The van der Waals surface area contributed by atoms with Crippen LogP contribution in [0.3, 0.4) is 0 Å². The van der Waals surface area contributed by atoms with Gasteiger partial charge in [0.2, 0.25) is 0 Å². The predicted octanol–water partition coefficient (Wildman–Crippen LogP) is 1.78. The van der Waals surface area contributed by atoms with Crippen LogP contribution in [0.2, 0.25) is 0 Å². The third-order valence-corrected chi connectivity index (χ3v) is 3.03. The van der Waals surface area contributed by atoms with Crippen LogP contribution in [-0.2, 0) is 6.54 Å². The summed E-state index contributed by atoms with van der Waals surface area (Å²) in [7, 11) is 4.22. The summed E-state index contributed by atoms with van der Waals surface area (Å²) < 4.78 is 0. The Kier molecular flexibility index (Phi) is 2.85. The molecule has 1 aliphatic rings. The highest BCUT2D eigenvalue weighted by Gasteiger charge is 2.25. The van der Waals surface area contributed by atoms with E-state index in [2.05, 4.69) is 41.5 Å². The average molecular weight is 190 g/mol. The quantitative estimate of drug-likeness (QED) is 0.781. The molecule has 0 aliphatic carbocycles. The van der Waals surface area contributed by atoms with Crippen LogP contribution in [0.15, 0.2) is 24.3 Å². The largest absolute Gasteiger partial charge is 0.320 e.